The van der Waals surface area contributed by atoms with Crippen LogP contribution < -0.4 is 5.69 Å². The molecular formula is C25H29N3O3. The number of rotatable bonds is 5. The van der Waals surface area contributed by atoms with Gasteiger partial charge in [0.1, 0.15) is 0 Å². The fraction of sp³-hybridized carbons (Fsp3) is 0.400. The number of aryl methyl sites for hydroxylation is 1. The summed E-state index contributed by atoms with van der Waals surface area (Å²) in [4.78, 5) is 31.3. The first-order chi connectivity index (χ1) is 14.8. The molecule has 1 saturated heterocycles. The smallest absolute Gasteiger partial charge is 0.348 e. The van der Waals surface area contributed by atoms with Crippen molar-refractivity contribution in [3.8, 4) is 0 Å². The van der Waals surface area contributed by atoms with E-state index in [2.05, 4.69) is 11.9 Å². The molecule has 0 radical (unpaired) electrons. The lowest BCUT2D eigenvalue weighted by Crippen LogP contribution is -2.49. The number of nitrogens with zero attached hydrogens (tertiary/aromatic N) is 3. The van der Waals surface area contributed by atoms with Crippen molar-refractivity contribution in [3.63, 3.8) is 0 Å². The van der Waals surface area contributed by atoms with Crippen LogP contribution in [-0.2, 0) is 11.3 Å². The normalized spacial score (nSPS) is 16.9. The van der Waals surface area contributed by atoms with Crippen LogP contribution in [0.15, 0.2) is 59.5 Å². The lowest BCUT2D eigenvalue weighted by atomic mass is 9.90. The minimum atomic E-state index is -1.02. The molecule has 0 bridgehead atoms. The zero-order valence-corrected chi connectivity index (χ0v) is 18.1. The summed E-state index contributed by atoms with van der Waals surface area (Å²) in [5.41, 5.74) is 1.43. The van der Waals surface area contributed by atoms with E-state index in [4.69, 9.17) is 0 Å². The molecule has 0 saturated carbocycles. The van der Waals surface area contributed by atoms with Crippen LogP contribution in [0.2, 0.25) is 0 Å². The Morgan fingerprint density at radius 3 is 2.55 bits per heavy atom. The Hall–Kier alpha value is -2.99. The molecule has 2 aromatic carbocycles. The zero-order valence-electron chi connectivity index (χ0n) is 18.1. The summed E-state index contributed by atoms with van der Waals surface area (Å²) >= 11 is 0. The predicted molar refractivity (Wildman–Crippen MR) is 121 cm³/mol. The Labute approximate surface area is 182 Å². The van der Waals surface area contributed by atoms with Gasteiger partial charge in [-0.25, -0.2) is 4.79 Å². The number of hydrogen-bond donors (Lipinski definition) is 1. The second-order valence-corrected chi connectivity index (χ2v) is 8.79. The van der Waals surface area contributed by atoms with E-state index < -0.39 is 5.60 Å². The molecule has 4 rings (SSSR count). The number of hydrogen-bond acceptors (Lipinski definition) is 4. The molecule has 1 amide bonds. The van der Waals surface area contributed by atoms with Gasteiger partial charge in [-0.1, -0.05) is 55.5 Å². The second kappa shape index (κ2) is 8.63. The van der Waals surface area contributed by atoms with Gasteiger partial charge in [-0.3, -0.25) is 9.36 Å². The van der Waals surface area contributed by atoms with Crippen LogP contribution in [0.5, 0.6) is 0 Å². The Balaban J connectivity index is 1.40. The van der Waals surface area contributed by atoms with Crippen LogP contribution in [0.1, 0.15) is 43.2 Å². The highest BCUT2D eigenvalue weighted by Crippen LogP contribution is 2.26. The molecule has 2 heterocycles. The fourth-order valence-corrected chi connectivity index (χ4v) is 4.37. The minimum absolute atomic E-state index is 0.110. The molecule has 3 aromatic rings. The van der Waals surface area contributed by atoms with Crippen LogP contribution in [0, 0.1) is 6.92 Å². The van der Waals surface area contributed by atoms with Gasteiger partial charge in [-0.2, -0.15) is 4.98 Å². The summed E-state index contributed by atoms with van der Waals surface area (Å²) in [5.74, 6) is 0.263. The van der Waals surface area contributed by atoms with Crippen molar-refractivity contribution >= 4 is 16.8 Å². The molecule has 6 nitrogen and oxygen atoms in total. The van der Waals surface area contributed by atoms with Crippen molar-refractivity contribution in [2.75, 3.05) is 13.1 Å². The summed E-state index contributed by atoms with van der Waals surface area (Å²) in [5, 5.41) is 12.0. The number of amides is 1. The number of likely N-dealkylation sites (tertiary alicyclic amines) is 1. The van der Waals surface area contributed by atoms with Gasteiger partial charge in [0.25, 0.3) is 0 Å². The van der Waals surface area contributed by atoms with Crippen molar-refractivity contribution in [2.45, 2.75) is 51.2 Å². The Bertz CT molecular complexity index is 1130. The standard InChI is InChI=1S/C25H29N3O3/c1-18-7-6-10-21-16-28(24(30)26-23(18)21)17-25(31)11-13-27(14-12-25)22(29)15-19(2)20-8-4-3-5-9-20/h3-10,16,19,31H,11-15,17H2,1-2H3. The number of aliphatic hydroxyl groups is 1. The number of para-hydroxylation sites is 1. The van der Waals surface area contributed by atoms with Gasteiger partial charge in [0.2, 0.25) is 5.91 Å². The molecule has 0 aliphatic carbocycles. The first kappa shape index (κ1) is 21.2. The van der Waals surface area contributed by atoms with E-state index >= 15 is 0 Å². The maximum Gasteiger partial charge on any atom is 0.348 e. The lowest BCUT2D eigenvalue weighted by Gasteiger charge is -2.38. The average molecular weight is 420 g/mol. The van der Waals surface area contributed by atoms with E-state index in [1.54, 1.807) is 6.20 Å². The van der Waals surface area contributed by atoms with Crippen LogP contribution >= 0.6 is 0 Å². The third kappa shape index (κ3) is 4.69. The summed E-state index contributed by atoms with van der Waals surface area (Å²) in [6, 6.07) is 15.8. The Kier molecular flexibility index (Phi) is 5.92. The molecular weight excluding hydrogens is 390 g/mol. The minimum Gasteiger partial charge on any atom is -0.388 e. The summed E-state index contributed by atoms with van der Waals surface area (Å²) in [7, 11) is 0. The van der Waals surface area contributed by atoms with Crippen LogP contribution in [0.4, 0.5) is 0 Å². The number of carbonyl (C=O) groups excluding carboxylic acids is 1. The van der Waals surface area contributed by atoms with E-state index in [0.717, 1.165) is 16.5 Å². The third-order valence-electron chi connectivity index (χ3n) is 6.38. The molecule has 1 aromatic heterocycles. The van der Waals surface area contributed by atoms with Crippen LogP contribution in [-0.4, -0.2) is 44.2 Å². The lowest BCUT2D eigenvalue weighted by molar-refractivity contribution is -0.136. The Morgan fingerprint density at radius 2 is 1.84 bits per heavy atom. The van der Waals surface area contributed by atoms with E-state index in [0.29, 0.717) is 37.9 Å². The monoisotopic (exact) mass is 419 g/mol. The van der Waals surface area contributed by atoms with Crippen LogP contribution in [0.25, 0.3) is 10.9 Å². The number of aromatic nitrogens is 2. The van der Waals surface area contributed by atoms with Gasteiger partial charge < -0.3 is 10.0 Å². The first-order valence-corrected chi connectivity index (χ1v) is 10.9. The zero-order chi connectivity index (χ0) is 22.0. The van der Waals surface area contributed by atoms with E-state index in [9.17, 15) is 14.7 Å². The molecule has 1 N–H and O–H groups in total. The molecule has 6 heteroatoms. The van der Waals surface area contributed by atoms with Gasteiger partial charge in [-0.05, 0) is 36.8 Å². The molecule has 1 unspecified atom stereocenters. The summed E-state index contributed by atoms with van der Waals surface area (Å²) in [6.07, 6.45) is 3.11. The van der Waals surface area contributed by atoms with Crippen molar-refractivity contribution in [3.05, 3.63) is 76.3 Å². The van der Waals surface area contributed by atoms with Gasteiger partial charge in [-0.15, -0.1) is 0 Å². The topological polar surface area (TPSA) is 75.4 Å². The number of benzene rings is 2. The summed E-state index contributed by atoms with van der Waals surface area (Å²) in [6.45, 7) is 5.16. The largest absolute Gasteiger partial charge is 0.388 e. The van der Waals surface area contributed by atoms with Gasteiger partial charge >= 0.3 is 5.69 Å². The second-order valence-electron chi connectivity index (χ2n) is 8.79. The van der Waals surface area contributed by atoms with E-state index in [1.807, 2.05) is 60.4 Å². The van der Waals surface area contributed by atoms with Gasteiger partial charge in [0, 0.05) is 31.1 Å². The molecule has 1 atom stereocenters. The quantitative estimate of drug-likeness (QED) is 0.689. The third-order valence-corrected chi connectivity index (χ3v) is 6.38. The van der Waals surface area contributed by atoms with Crippen molar-refractivity contribution in [1.29, 1.82) is 0 Å². The van der Waals surface area contributed by atoms with Crippen molar-refractivity contribution in [2.24, 2.45) is 0 Å². The molecule has 0 spiro atoms. The summed E-state index contributed by atoms with van der Waals surface area (Å²) < 4.78 is 1.50. The maximum atomic E-state index is 12.8. The van der Waals surface area contributed by atoms with Crippen LogP contribution in [0.3, 0.4) is 0 Å². The van der Waals surface area contributed by atoms with E-state index in [1.165, 1.54) is 4.57 Å². The van der Waals surface area contributed by atoms with Gasteiger partial charge in [0.15, 0.2) is 0 Å². The molecule has 1 aliphatic rings. The average Bonchev–Trinajstić information content (AvgIpc) is 2.76. The molecule has 31 heavy (non-hydrogen) atoms. The highest BCUT2D eigenvalue weighted by molar-refractivity contribution is 5.80. The highest BCUT2D eigenvalue weighted by atomic mass is 16.3. The fourth-order valence-electron chi connectivity index (χ4n) is 4.37. The maximum absolute atomic E-state index is 12.8. The first-order valence-electron chi connectivity index (χ1n) is 10.9. The Morgan fingerprint density at radius 1 is 1.13 bits per heavy atom. The molecule has 1 fully saturated rings. The van der Waals surface area contributed by atoms with Gasteiger partial charge in [0.05, 0.1) is 17.7 Å². The number of carbonyl (C=O) groups is 1. The number of piperidine rings is 1. The molecule has 162 valence electrons. The van der Waals surface area contributed by atoms with Crippen molar-refractivity contribution < 1.29 is 9.90 Å². The van der Waals surface area contributed by atoms with E-state index in [-0.39, 0.29) is 24.1 Å². The predicted octanol–water partition coefficient (Wildman–Crippen LogP) is 3.25. The van der Waals surface area contributed by atoms with Crippen molar-refractivity contribution in [1.82, 2.24) is 14.5 Å². The molecule has 1 aliphatic heterocycles. The SMILES string of the molecule is Cc1cccc2cn(CC3(O)CCN(C(=O)CC(C)c4ccccc4)CC3)c(=O)nc12. The number of fused-ring (bicyclic) bond motifs is 1. The highest BCUT2D eigenvalue weighted by Gasteiger charge is 2.35.